The largest absolute Gasteiger partial charge is 0.342 e. The molecule has 1 aliphatic carbocycles. The molecule has 0 radical (unpaired) electrons. The molecule has 1 aliphatic rings. The number of fused-ring (bicyclic) bond motifs is 1. The summed E-state index contributed by atoms with van der Waals surface area (Å²) in [6.07, 6.45) is 2.88. The molecule has 2 amide bonds. The molecule has 0 aliphatic heterocycles. The van der Waals surface area contributed by atoms with Gasteiger partial charge in [0.05, 0.1) is 11.0 Å². The number of amides is 2. The quantitative estimate of drug-likeness (QED) is 0.696. The molecule has 2 heterocycles. The number of H-pyrrole nitrogens is 1. The molecule has 1 saturated carbocycles. The van der Waals surface area contributed by atoms with Gasteiger partial charge in [0.1, 0.15) is 11.9 Å². The van der Waals surface area contributed by atoms with E-state index in [9.17, 15) is 4.79 Å². The van der Waals surface area contributed by atoms with Crippen LogP contribution in [0.15, 0.2) is 22.7 Å². The molecule has 27 heavy (non-hydrogen) atoms. The highest BCUT2D eigenvalue weighted by Crippen LogP contribution is 2.38. The van der Waals surface area contributed by atoms with Crippen LogP contribution in [0.25, 0.3) is 11.0 Å². The van der Waals surface area contributed by atoms with Crippen molar-refractivity contribution >= 4 is 17.1 Å². The predicted octanol–water partition coefficient (Wildman–Crippen LogP) is 3.08. The number of aryl methyl sites for hydroxylation is 1. The molecule has 0 unspecified atom stereocenters. The number of carbonyl (C=O) groups excluding carboxylic acids is 1. The minimum Gasteiger partial charge on any atom is -0.342 e. The van der Waals surface area contributed by atoms with Crippen LogP contribution < -0.4 is 5.32 Å². The summed E-state index contributed by atoms with van der Waals surface area (Å²) >= 11 is 0. The molecule has 8 nitrogen and oxygen atoms in total. The molecule has 2 N–H and O–H groups in total. The number of hydrogen-bond acceptors (Lipinski definition) is 5. The van der Waals surface area contributed by atoms with E-state index in [1.165, 1.54) is 0 Å². The highest BCUT2D eigenvalue weighted by molar-refractivity contribution is 5.78. The van der Waals surface area contributed by atoms with Gasteiger partial charge < -0.3 is 19.7 Å². The number of hydrogen-bond donors (Lipinski definition) is 2. The molecular weight excluding hydrogens is 344 g/mol. The zero-order valence-electron chi connectivity index (χ0n) is 15.8. The van der Waals surface area contributed by atoms with E-state index in [0.29, 0.717) is 24.8 Å². The van der Waals surface area contributed by atoms with Crippen LogP contribution in [-0.2, 0) is 6.42 Å². The SMILES string of the molecule is Cc1cccc2[nH]c(CCN(C)C(=O)N[C@@H](C)c3nc(C4CC4)no3)nc12. The van der Waals surface area contributed by atoms with Gasteiger partial charge in [-0.2, -0.15) is 4.98 Å². The highest BCUT2D eigenvalue weighted by Gasteiger charge is 2.30. The Hall–Kier alpha value is -2.90. The maximum atomic E-state index is 12.4. The first-order valence-corrected chi connectivity index (χ1v) is 9.30. The van der Waals surface area contributed by atoms with E-state index in [2.05, 4.69) is 25.4 Å². The Bertz CT molecular complexity index is 958. The van der Waals surface area contributed by atoms with Gasteiger partial charge in [0.15, 0.2) is 5.82 Å². The number of carbonyl (C=O) groups is 1. The average molecular weight is 368 g/mol. The number of likely N-dealkylation sites (N-methyl/N-ethyl adjacent to an activating group) is 1. The third-order valence-electron chi connectivity index (χ3n) is 4.90. The van der Waals surface area contributed by atoms with Crippen molar-refractivity contribution in [1.29, 1.82) is 0 Å². The number of nitrogens with zero attached hydrogens (tertiary/aromatic N) is 4. The fraction of sp³-hybridized carbons (Fsp3) is 0.474. The van der Waals surface area contributed by atoms with Crippen LogP contribution in [0.3, 0.4) is 0 Å². The summed E-state index contributed by atoms with van der Waals surface area (Å²) in [7, 11) is 1.76. The second kappa shape index (κ2) is 7.02. The Labute approximate surface area is 157 Å². The molecule has 142 valence electrons. The minimum absolute atomic E-state index is 0.180. The van der Waals surface area contributed by atoms with E-state index < -0.39 is 0 Å². The maximum Gasteiger partial charge on any atom is 0.317 e. The van der Waals surface area contributed by atoms with Gasteiger partial charge in [0, 0.05) is 25.9 Å². The molecule has 1 atom stereocenters. The number of nitrogens with one attached hydrogen (secondary N) is 2. The molecular formula is C19H24N6O2. The number of rotatable bonds is 6. The van der Waals surface area contributed by atoms with Crippen LogP contribution in [0.1, 0.15) is 54.8 Å². The van der Waals surface area contributed by atoms with E-state index in [1.807, 2.05) is 32.0 Å². The average Bonchev–Trinajstić information content (AvgIpc) is 3.21. The Morgan fingerprint density at radius 3 is 2.96 bits per heavy atom. The van der Waals surface area contributed by atoms with Crippen molar-refractivity contribution in [2.75, 3.05) is 13.6 Å². The van der Waals surface area contributed by atoms with Gasteiger partial charge in [-0.1, -0.05) is 17.3 Å². The van der Waals surface area contributed by atoms with E-state index >= 15 is 0 Å². The second-order valence-corrected chi connectivity index (χ2v) is 7.26. The molecule has 8 heteroatoms. The monoisotopic (exact) mass is 368 g/mol. The Morgan fingerprint density at radius 1 is 1.41 bits per heavy atom. The lowest BCUT2D eigenvalue weighted by Gasteiger charge is -2.19. The molecule has 1 fully saturated rings. The smallest absolute Gasteiger partial charge is 0.317 e. The summed E-state index contributed by atoms with van der Waals surface area (Å²) in [4.78, 5) is 26.4. The maximum absolute atomic E-state index is 12.4. The van der Waals surface area contributed by atoms with Crippen LogP contribution >= 0.6 is 0 Å². The Kier molecular flexibility index (Phi) is 4.55. The van der Waals surface area contributed by atoms with Crippen molar-refractivity contribution in [3.8, 4) is 0 Å². The Balaban J connectivity index is 1.32. The van der Waals surface area contributed by atoms with Gasteiger partial charge in [-0.25, -0.2) is 9.78 Å². The standard InChI is InChI=1S/C19H24N6O2/c1-11-5-4-6-14-16(11)22-15(21-14)9-10-25(3)19(26)20-12(2)18-23-17(24-27-18)13-7-8-13/h4-6,12-13H,7-10H2,1-3H3,(H,20,26)(H,21,22)/t12-/m0/s1. The minimum atomic E-state index is -0.325. The normalized spacial score (nSPS) is 15.1. The Morgan fingerprint density at radius 2 is 2.22 bits per heavy atom. The highest BCUT2D eigenvalue weighted by atomic mass is 16.5. The predicted molar refractivity (Wildman–Crippen MR) is 100 cm³/mol. The molecule has 3 aromatic rings. The van der Waals surface area contributed by atoms with Gasteiger partial charge in [0.25, 0.3) is 0 Å². The van der Waals surface area contributed by atoms with E-state index in [-0.39, 0.29) is 12.1 Å². The summed E-state index contributed by atoms with van der Waals surface area (Å²) < 4.78 is 5.27. The van der Waals surface area contributed by atoms with Crippen molar-refractivity contribution in [1.82, 2.24) is 30.3 Å². The first-order chi connectivity index (χ1) is 13.0. The van der Waals surface area contributed by atoms with E-state index in [0.717, 1.165) is 41.1 Å². The summed E-state index contributed by atoms with van der Waals surface area (Å²) in [5.41, 5.74) is 3.14. The molecule has 1 aromatic carbocycles. The van der Waals surface area contributed by atoms with Crippen LogP contribution in [0, 0.1) is 6.92 Å². The van der Waals surface area contributed by atoms with Crippen LogP contribution in [0.2, 0.25) is 0 Å². The number of benzene rings is 1. The summed E-state index contributed by atoms with van der Waals surface area (Å²) in [6, 6.07) is 5.55. The lowest BCUT2D eigenvalue weighted by atomic mass is 10.2. The lowest BCUT2D eigenvalue weighted by Crippen LogP contribution is -2.39. The number of para-hydroxylation sites is 1. The van der Waals surface area contributed by atoms with Crippen LogP contribution in [0.5, 0.6) is 0 Å². The summed E-state index contributed by atoms with van der Waals surface area (Å²) in [6.45, 7) is 4.44. The van der Waals surface area contributed by atoms with Gasteiger partial charge in [0.2, 0.25) is 5.89 Å². The van der Waals surface area contributed by atoms with Crippen molar-refractivity contribution in [3.63, 3.8) is 0 Å². The van der Waals surface area contributed by atoms with Crippen molar-refractivity contribution < 1.29 is 9.32 Å². The van der Waals surface area contributed by atoms with Gasteiger partial charge in [-0.05, 0) is 38.3 Å². The van der Waals surface area contributed by atoms with Crippen LogP contribution in [0.4, 0.5) is 4.79 Å². The van der Waals surface area contributed by atoms with E-state index in [4.69, 9.17) is 4.52 Å². The third kappa shape index (κ3) is 3.79. The fourth-order valence-corrected chi connectivity index (χ4v) is 3.01. The summed E-state index contributed by atoms with van der Waals surface area (Å²) in [5.74, 6) is 2.50. The van der Waals surface area contributed by atoms with Crippen molar-refractivity contribution in [2.24, 2.45) is 0 Å². The fourth-order valence-electron chi connectivity index (χ4n) is 3.01. The van der Waals surface area contributed by atoms with Gasteiger partial charge >= 0.3 is 6.03 Å². The summed E-state index contributed by atoms with van der Waals surface area (Å²) in [5, 5.41) is 6.89. The first kappa shape index (κ1) is 17.5. The molecule has 0 bridgehead atoms. The number of imidazole rings is 1. The third-order valence-corrected chi connectivity index (χ3v) is 4.90. The first-order valence-electron chi connectivity index (χ1n) is 9.30. The molecule has 0 spiro atoms. The van der Waals surface area contributed by atoms with Gasteiger partial charge in [-0.3, -0.25) is 0 Å². The zero-order valence-corrected chi connectivity index (χ0v) is 15.8. The lowest BCUT2D eigenvalue weighted by molar-refractivity contribution is 0.202. The van der Waals surface area contributed by atoms with Gasteiger partial charge in [-0.15, -0.1) is 0 Å². The number of aromatic amines is 1. The second-order valence-electron chi connectivity index (χ2n) is 7.26. The molecule has 2 aromatic heterocycles. The molecule has 4 rings (SSSR count). The molecule has 0 saturated heterocycles. The topological polar surface area (TPSA) is 99.9 Å². The number of aromatic nitrogens is 4. The van der Waals surface area contributed by atoms with E-state index in [1.54, 1.807) is 11.9 Å². The van der Waals surface area contributed by atoms with Crippen molar-refractivity contribution in [3.05, 3.63) is 41.3 Å². The zero-order chi connectivity index (χ0) is 19.0. The van der Waals surface area contributed by atoms with Crippen LogP contribution in [-0.4, -0.2) is 44.6 Å². The number of urea groups is 1. The van der Waals surface area contributed by atoms with Crippen molar-refractivity contribution in [2.45, 2.75) is 45.1 Å².